The molecule has 1 aliphatic rings. The number of nitriles is 1. The summed E-state index contributed by atoms with van der Waals surface area (Å²) in [6.07, 6.45) is 0.775. The number of hydrogen-bond acceptors (Lipinski definition) is 6. The number of anilines is 1. The van der Waals surface area contributed by atoms with Gasteiger partial charge in [-0.15, -0.1) is 0 Å². The molecular weight excluding hydrogens is 394 g/mol. The Morgan fingerprint density at radius 1 is 1.17 bits per heavy atom. The highest BCUT2D eigenvalue weighted by Crippen LogP contribution is 2.32. The second-order valence-electron chi connectivity index (χ2n) is 6.32. The van der Waals surface area contributed by atoms with Crippen molar-refractivity contribution in [2.75, 3.05) is 24.0 Å². The lowest BCUT2D eigenvalue weighted by atomic mass is 10.2. The number of amides is 1. The third-order valence-corrected chi connectivity index (χ3v) is 6.20. The Hall–Kier alpha value is -3.38. The maximum atomic E-state index is 13.1. The zero-order valence-electron chi connectivity index (χ0n) is 15.5. The van der Waals surface area contributed by atoms with Gasteiger partial charge < -0.3 is 10.1 Å². The van der Waals surface area contributed by atoms with E-state index in [1.165, 1.54) is 28.6 Å². The van der Waals surface area contributed by atoms with Crippen LogP contribution in [-0.4, -0.2) is 40.0 Å². The van der Waals surface area contributed by atoms with E-state index in [0.29, 0.717) is 18.7 Å². The van der Waals surface area contributed by atoms with Gasteiger partial charge in [-0.05, 0) is 36.2 Å². The number of ether oxygens (including phenoxy) is 1. The summed E-state index contributed by atoms with van der Waals surface area (Å²) in [4.78, 5) is 23.8. The van der Waals surface area contributed by atoms with Gasteiger partial charge in [0.15, 0.2) is 6.61 Å². The minimum absolute atomic E-state index is 0.0258. The van der Waals surface area contributed by atoms with E-state index < -0.39 is 28.5 Å². The number of sulfonamides is 1. The Kier molecular flexibility index (Phi) is 6.14. The molecule has 1 amide bonds. The number of hydrogen-bond donors (Lipinski definition) is 1. The summed E-state index contributed by atoms with van der Waals surface area (Å²) in [6.45, 7) is -0.0160. The number of fused-ring (bicyclic) bond motifs is 1. The van der Waals surface area contributed by atoms with Gasteiger partial charge in [0.2, 0.25) is 0 Å². The fourth-order valence-corrected chi connectivity index (χ4v) is 4.54. The van der Waals surface area contributed by atoms with Crippen LogP contribution in [0.3, 0.4) is 0 Å². The first-order chi connectivity index (χ1) is 13.9. The highest BCUT2D eigenvalue weighted by Gasteiger charge is 2.31. The molecule has 0 saturated carbocycles. The molecule has 0 aromatic heterocycles. The third kappa shape index (κ3) is 4.55. The van der Waals surface area contributed by atoms with Gasteiger partial charge in [-0.2, -0.15) is 5.26 Å². The van der Waals surface area contributed by atoms with Crippen molar-refractivity contribution in [1.82, 2.24) is 5.32 Å². The Labute approximate surface area is 168 Å². The first kappa shape index (κ1) is 20.4. The summed E-state index contributed by atoms with van der Waals surface area (Å²) in [6, 6.07) is 14.7. The summed E-state index contributed by atoms with van der Waals surface area (Å²) in [5, 5.41) is 10.9. The van der Waals surface area contributed by atoms with Crippen LogP contribution in [0.25, 0.3) is 0 Å². The number of nitrogens with one attached hydrogen (secondary N) is 1. The van der Waals surface area contributed by atoms with Gasteiger partial charge >= 0.3 is 5.97 Å². The predicted molar refractivity (Wildman–Crippen MR) is 105 cm³/mol. The van der Waals surface area contributed by atoms with Gasteiger partial charge in [0.05, 0.1) is 28.6 Å². The van der Waals surface area contributed by atoms with Crippen molar-refractivity contribution < 1.29 is 22.7 Å². The first-order valence-corrected chi connectivity index (χ1v) is 10.4. The molecule has 0 saturated heterocycles. The maximum absolute atomic E-state index is 13.1. The van der Waals surface area contributed by atoms with E-state index in [2.05, 4.69) is 5.32 Å². The normalized spacial score (nSPS) is 12.7. The van der Waals surface area contributed by atoms with E-state index in [1.54, 1.807) is 12.1 Å². The molecule has 1 aliphatic heterocycles. The summed E-state index contributed by atoms with van der Waals surface area (Å²) < 4.78 is 32.4. The van der Waals surface area contributed by atoms with E-state index in [4.69, 9.17) is 10.00 Å². The molecule has 0 unspecified atom stereocenters. The van der Waals surface area contributed by atoms with Crippen LogP contribution in [0.4, 0.5) is 5.69 Å². The van der Waals surface area contributed by atoms with Gasteiger partial charge in [-0.25, -0.2) is 13.2 Å². The quantitative estimate of drug-likeness (QED) is 0.545. The SMILES string of the molecule is N#CCCNC(=O)COC(=O)c1cccc(S(=O)(=O)N2CCc3ccccc32)c1. The average Bonchev–Trinajstić information content (AvgIpc) is 3.17. The Bertz CT molecular complexity index is 1080. The second kappa shape index (κ2) is 8.75. The van der Waals surface area contributed by atoms with Crippen LogP contribution in [-0.2, 0) is 26.0 Å². The maximum Gasteiger partial charge on any atom is 0.338 e. The molecule has 9 heteroatoms. The molecule has 150 valence electrons. The summed E-state index contributed by atoms with van der Waals surface area (Å²) in [5.74, 6) is -1.34. The molecule has 0 radical (unpaired) electrons. The van der Waals surface area contributed by atoms with Crippen molar-refractivity contribution in [3.05, 3.63) is 59.7 Å². The van der Waals surface area contributed by atoms with Crippen LogP contribution in [0.15, 0.2) is 53.4 Å². The number of carbonyl (C=O) groups excluding carboxylic acids is 2. The molecule has 8 nitrogen and oxygen atoms in total. The van der Waals surface area contributed by atoms with Gasteiger partial charge in [0.1, 0.15) is 0 Å². The Morgan fingerprint density at radius 2 is 1.97 bits per heavy atom. The smallest absolute Gasteiger partial charge is 0.338 e. The predicted octanol–water partition coefficient (Wildman–Crippen LogP) is 1.62. The minimum atomic E-state index is -3.84. The Balaban J connectivity index is 1.72. The zero-order chi connectivity index (χ0) is 20.9. The van der Waals surface area contributed by atoms with E-state index in [1.807, 2.05) is 18.2 Å². The van der Waals surface area contributed by atoms with Crippen molar-refractivity contribution in [2.24, 2.45) is 0 Å². The molecule has 0 bridgehead atoms. The molecule has 29 heavy (non-hydrogen) atoms. The minimum Gasteiger partial charge on any atom is -0.452 e. The third-order valence-electron chi connectivity index (χ3n) is 4.40. The average molecular weight is 413 g/mol. The standard InChI is InChI=1S/C20H19N3O5S/c21-10-4-11-22-19(24)14-28-20(25)16-6-3-7-17(13-16)29(26,27)23-12-9-15-5-1-2-8-18(15)23/h1-3,5-8,13H,4,9,11-12,14H2,(H,22,24). The molecule has 0 aliphatic carbocycles. The van der Waals surface area contributed by atoms with Crippen LogP contribution in [0.2, 0.25) is 0 Å². The monoisotopic (exact) mass is 413 g/mol. The molecule has 1 N–H and O–H groups in total. The van der Waals surface area contributed by atoms with E-state index in [9.17, 15) is 18.0 Å². The van der Waals surface area contributed by atoms with Crippen molar-refractivity contribution in [3.8, 4) is 6.07 Å². The fraction of sp³-hybridized carbons (Fsp3) is 0.250. The van der Waals surface area contributed by atoms with Gasteiger partial charge in [-0.3, -0.25) is 9.10 Å². The van der Waals surface area contributed by atoms with Crippen LogP contribution >= 0.6 is 0 Å². The highest BCUT2D eigenvalue weighted by molar-refractivity contribution is 7.92. The van der Waals surface area contributed by atoms with Crippen LogP contribution in [0, 0.1) is 11.3 Å². The topological polar surface area (TPSA) is 117 Å². The molecule has 2 aromatic rings. The molecule has 0 spiro atoms. The second-order valence-corrected chi connectivity index (χ2v) is 8.18. The van der Waals surface area contributed by atoms with Crippen molar-refractivity contribution in [1.29, 1.82) is 5.26 Å². The molecule has 1 heterocycles. The van der Waals surface area contributed by atoms with Crippen molar-refractivity contribution in [2.45, 2.75) is 17.7 Å². The van der Waals surface area contributed by atoms with Gasteiger partial charge in [0, 0.05) is 13.1 Å². The van der Waals surface area contributed by atoms with Gasteiger partial charge in [-0.1, -0.05) is 24.3 Å². The number of esters is 1. The number of carbonyl (C=O) groups is 2. The summed E-state index contributed by atoms with van der Waals surface area (Å²) in [7, 11) is -3.84. The largest absolute Gasteiger partial charge is 0.452 e. The lowest BCUT2D eigenvalue weighted by Crippen LogP contribution is -2.30. The molecule has 3 rings (SSSR count). The lowest BCUT2D eigenvalue weighted by molar-refractivity contribution is -0.124. The fourth-order valence-electron chi connectivity index (χ4n) is 2.99. The zero-order valence-corrected chi connectivity index (χ0v) is 16.3. The van der Waals surface area contributed by atoms with Crippen LogP contribution in [0.1, 0.15) is 22.3 Å². The number of benzene rings is 2. The number of para-hydroxylation sites is 1. The molecule has 2 aromatic carbocycles. The highest BCUT2D eigenvalue weighted by atomic mass is 32.2. The summed E-state index contributed by atoms with van der Waals surface area (Å²) >= 11 is 0. The van der Waals surface area contributed by atoms with E-state index in [-0.39, 0.29) is 23.4 Å². The van der Waals surface area contributed by atoms with Crippen LogP contribution < -0.4 is 9.62 Å². The molecule has 0 atom stereocenters. The van der Waals surface area contributed by atoms with Gasteiger partial charge in [0.25, 0.3) is 15.9 Å². The van der Waals surface area contributed by atoms with Crippen LogP contribution in [0.5, 0.6) is 0 Å². The first-order valence-electron chi connectivity index (χ1n) is 8.95. The molecule has 0 fully saturated rings. The van der Waals surface area contributed by atoms with E-state index in [0.717, 1.165) is 5.56 Å². The number of rotatable bonds is 7. The molecular formula is C20H19N3O5S. The number of nitrogens with zero attached hydrogens (tertiary/aromatic N) is 2. The Morgan fingerprint density at radius 3 is 2.76 bits per heavy atom. The lowest BCUT2D eigenvalue weighted by Gasteiger charge is -2.19. The summed E-state index contributed by atoms with van der Waals surface area (Å²) in [5.41, 5.74) is 1.62. The van der Waals surface area contributed by atoms with Crippen molar-refractivity contribution >= 4 is 27.6 Å². The van der Waals surface area contributed by atoms with Crippen molar-refractivity contribution in [3.63, 3.8) is 0 Å². The van der Waals surface area contributed by atoms with E-state index >= 15 is 0 Å².